The maximum absolute atomic E-state index is 12.5. The van der Waals surface area contributed by atoms with Crippen molar-refractivity contribution in [2.75, 3.05) is 13.1 Å². The van der Waals surface area contributed by atoms with E-state index in [1.807, 2.05) is 4.90 Å². The Balaban J connectivity index is 1.52. The topological polar surface area (TPSA) is 53.8 Å². The van der Waals surface area contributed by atoms with Crippen LogP contribution in [0.5, 0.6) is 0 Å². The fourth-order valence-electron chi connectivity index (χ4n) is 3.76. The van der Waals surface area contributed by atoms with Crippen LogP contribution in [0.3, 0.4) is 0 Å². The van der Waals surface area contributed by atoms with Gasteiger partial charge in [-0.3, -0.25) is 9.59 Å². The third-order valence-electron chi connectivity index (χ3n) is 5.03. The molecule has 1 aliphatic carbocycles. The summed E-state index contributed by atoms with van der Waals surface area (Å²) in [6.45, 7) is 1.62. The van der Waals surface area contributed by atoms with Crippen LogP contribution in [-0.2, 0) is 4.79 Å². The lowest BCUT2D eigenvalue weighted by molar-refractivity contribution is -0.137. The van der Waals surface area contributed by atoms with Gasteiger partial charge in [0, 0.05) is 19.5 Å². The number of furan rings is 1. The van der Waals surface area contributed by atoms with Crippen molar-refractivity contribution in [1.82, 2.24) is 9.80 Å². The van der Waals surface area contributed by atoms with Crippen molar-refractivity contribution in [3.63, 3.8) is 0 Å². The van der Waals surface area contributed by atoms with Crippen LogP contribution in [0, 0.1) is 5.92 Å². The van der Waals surface area contributed by atoms with Gasteiger partial charge in [-0.25, -0.2) is 0 Å². The molecule has 0 N–H and O–H groups in total. The molecule has 3 aliphatic rings. The van der Waals surface area contributed by atoms with Gasteiger partial charge >= 0.3 is 0 Å². The fraction of sp³-hybridized carbons (Fsp3) is 0.625. The highest BCUT2D eigenvalue weighted by Gasteiger charge is 2.46. The van der Waals surface area contributed by atoms with E-state index in [1.54, 1.807) is 12.1 Å². The van der Waals surface area contributed by atoms with Crippen molar-refractivity contribution < 1.29 is 14.0 Å². The lowest BCUT2D eigenvalue weighted by atomic mass is 9.95. The van der Waals surface area contributed by atoms with Crippen LogP contribution in [0.1, 0.15) is 42.7 Å². The number of carbonyl (C=O) groups is 2. The molecule has 3 fully saturated rings. The van der Waals surface area contributed by atoms with Gasteiger partial charge in [0.15, 0.2) is 5.76 Å². The molecule has 2 atom stereocenters. The quantitative estimate of drug-likeness (QED) is 0.853. The number of hydrogen-bond acceptors (Lipinski definition) is 3. The molecule has 5 heteroatoms. The summed E-state index contributed by atoms with van der Waals surface area (Å²) in [7, 11) is 0. The van der Waals surface area contributed by atoms with E-state index in [0.29, 0.717) is 18.1 Å². The molecule has 0 unspecified atom stereocenters. The van der Waals surface area contributed by atoms with Gasteiger partial charge in [-0.15, -0.1) is 0 Å². The first-order chi connectivity index (χ1) is 10.2. The first kappa shape index (κ1) is 12.9. The molecule has 0 radical (unpaired) electrons. The number of fused-ring (bicyclic) bond motifs is 1. The highest BCUT2D eigenvalue weighted by Crippen LogP contribution is 2.37. The smallest absolute Gasteiger partial charge is 0.289 e. The van der Waals surface area contributed by atoms with Crippen molar-refractivity contribution in [3.8, 4) is 0 Å². The second-order valence-corrected chi connectivity index (χ2v) is 6.43. The van der Waals surface area contributed by atoms with Gasteiger partial charge in [0.2, 0.25) is 5.91 Å². The maximum Gasteiger partial charge on any atom is 0.289 e. The lowest BCUT2D eigenvalue weighted by Crippen LogP contribution is -2.53. The summed E-state index contributed by atoms with van der Waals surface area (Å²) < 4.78 is 5.24. The van der Waals surface area contributed by atoms with Gasteiger partial charge in [0.25, 0.3) is 5.91 Å². The minimum Gasteiger partial charge on any atom is -0.459 e. The van der Waals surface area contributed by atoms with Crippen molar-refractivity contribution in [2.45, 2.75) is 44.2 Å². The van der Waals surface area contributed by atoms with Crippen molar-refractivity contribution in [3.05, 3.63) is 24.2 Å². The Hall–Kier alpha value is -1.78. The third-order valence-corrected chi connectivity index (χ3v) is 5.03. The maximum atomic E-state index is 12.5. The zero-order chi connectivity index (χ0) is 14.4. The fourth-order valence-corrected chi connectivity index (χ4v) is 3.76. The first-order valence-electron chi connectivity index (χ1n) is 7.88. The monoisotopic (exact) mass is 288 g/mol. The van der Waals surface area contributed by atoms with Gasteiger partial charge in [-0.05, 0) is 43.7 Å². The molecule has 0 spiro atoms. The van der Waals surface area contributed by atoms with E-state index in [9.17, 15) is 9.59 Å². The van der Waals surface area contributed by atoms with Crippen LogP contribution in [-0.4, -0.2) is 46.8 Å². The Morgan fingerprint density at radius 3 is 2.81 bits per heavy atom. The van der Waals surface area contributed by atoms with E-state index in [-0.39, 0.29) is 23.9 Å². The molecule has 112 valence electrons. The van der Waals surface area contributed by atoms with Gasteiger partial charge in [0.05, 0.1) is 18.3 Å². The highest BCUT2D eigenvalue weighted by molar-refractivity contribution is 5.92. The second-order valence-electron chi connectivity index (χ2n) is 6.43. The number of carbonyl (C=O) groups excluding carboxylic acids is 2. The standard InChI is InChI=1S/C16H20N2O3/c19-15-6-5-12-13(18(15)10-11-3-4-11)7-8-17(12)16(20)14-2-1-9-21-14/h1-2,9,11-13H,3-8,10H2/t12-,13-/m1/s1. The van der Waals surface area contributed by atoms with Crippen LogP contribution in [0.4, 0.5) is 0 Å². The molecule has 1 saturated carbocycles. The SMILES string of the molecule is O=C1CC[C@@H]2[C@@H](CCN2C(=O)c2ccco2)N1CC1CC1. The van der Waals surface area contributed by atoms with E-state index < -0.39 is 0 Å². The average molecular weight is 288 g/mol. The molecule has 5 nitrogen and oxygen atoms in total. The van der Waals surface area contributed by atoms with Crippen molar-refractivity contribution >= 4 is 11.8 Å². The Morgan fingerprint density at radius 1 is 1.24 bits per heavy atom. The molecule has 3 heterocycles. The Bertz CT molecular complexity index is 550. The predicted molar refractivity (Wildman–Crippen MR) is 75.6 cm³/mol. The van der Waals surface area contributed by atoms with Crippen molar-refractivity contribution in [1.29, 1.82) is 0 Å². The minimum absolute atomic E-state index is 0.0341. The molecule has 1 aromatic rings. The molecule has 4 rings (SSSR count). The van der Waals surface area contributed by atoms with Crippen LogP contribution >= 0.6 is 0 Å². The molecule has 21 heavy (non-hydrogen) atoms. The number of hydrogen-bond donors (Lipinski definition) is 0. The van der Waals surface area contributed by atoms with E-state index in [4.69, 9.17) is 4.42 Å². The molecule has 2 aliphatic heterocycles. The van der Waals surface area contributed by atoms with E-state index in [0.717, 1.165) is 25.9 Å². The molecule has 2 saturated heterocycles. The van der Waals surface area contributed by atoms with Crippen LogP contribution < -0.4 is 0 Å². The summed E-state index contributed by atoms with van der Waals surface area (Å²) in [6, 6.07) is 3.83. The van der Waals surface area contributed by atoms with E-state index in [2.05, 4.69) is 4.90 Å². The molecule has 0 aromatic carbocycles. The third kappa shape index (κ3) is 2.24. The lowest BCUT2D eigenvalue weighted by Gasteiger charge is -2.39. The minimum atomic E-state index is -0.0341. The number of amides is 2. The predicted octanol–water partition coefficient (Wildman–Crippen LogP) is 1.90. The molecular weight excluding hydrogens is 268 g/mol. The van der Waals surface area contributed by atoms with Crippen LogP contribution in [0.15, 0.2) is 22.8 Å². The highest BCUT2D eigenvalue weighted by atomic mass is 16.3. The van der Waals surface area contributed by atoms with Crippen LogP contribution in [0.2, 0.25) is 0 Å². The van der Waals surface area contributed by atoms with Gasteiger partial charge in [0.1, 0.15) is 0 Å². The number of nitrogens with zero attached hydrogens (tertiary/aromatic N) is 2. The van der Waals surface area contributed by atoms with E-state index in [1.165, 1.54) is 19.1 Å². The molecule has 1 aromatic heterocycles. The normalized spacial score (nSPS) is 28.9. The summed E-state index contributed by atoms with van der Waals surface area (Å²) in [5, 5.41) is 0. The number of piperidine rings is 1. The molecular formula is C16H20N2O3. The second kappa shape index (κ2) is 4.90. The number of rotatable bonds is 3. The Labute approximate surface area is 123 Å². The molecule has 0 bridgehead atoms. The average Bonchev–Trinajstić information content (AvgIpc) is 3.00. The van der Waals surface area contributed by atoms with E-state index >= 15 is 0 Å². The Kier molecular flexibility index (Phi) is 3.01. The molecule has 2 amide bonds. The Morgan fingerprint density at radius 2 is 2.10 bits per heavy atom. The van der Waals surface area contributed by atoms with Crippen molar-refractivity contribution in [2.24, 2.45) is 5.92 Å². The summed E-state index contributed by atoms with van der Waals surface area (Å²) in [4.78, 5) is 28.7. The number of likely N-dealkylation sites (tertiary alicyclic amines) is 2. The summed E-state index contributed by atoms with van der Waals surface area (Å²) in [5.41, 5.74) is 0. The zero-order valence-electron chi connectivity index (χ0n) is 12.0. The largest absolute Gasteiger partial charge is 0.459 e. The van der Waals surface area contributed by atoms with Gasteiger partial charge in [-0.1, -0.05) is 0 Å². The van der Waals surface area contributed by atoms with Gasteiger partial charge in [-0.2, -0.15) is 0 Å². The zero-order valence-corrected chi connectivity index (χ0v) is 12.0. The summed E-state index contributed by atoms with van der Waals surface area (Å²) in [5.74, 6) is 1.34. The van der Waals surface area contributed by atoms with Gasteiger partial charge < -0.3 is 14.2 Å². The van der Waals surface area contributed by atoms with Crippen LogP contribution in [0.25, 0.3) is 0 Å². The summed E-state index contributed by atoms with van der Waals surface area (Å²) >= 11 is 0. The first-order valence-corrected chi connectivity index (χ1v) is 7.88. The summed E-state index contributed by atoms with van der Waals surface area (Å²) in [6.07, 6.45) is 6.28.